The van der Waals surface area contributed by atoms with Crippen LogP contribution in [0.5, 0.6) is 6.01 Å². The predicted octanol–water partition coefficient (Wildman–Crippen LogP) is 3.93. The third-order valence-corrected chi connectivity index (χ3v) is 7.89. The molecule has 3 aliphatic heterocycles. The van der Waals surface area contributed by atoms with Gasteiger partial charge < -0.3 is 29.2 Å². The minimum absolute atomic E-state index is 0.243. The number of aromatic nitrogens is 3. The van der Waals surface area contributed by atoms with E-state index in [4.69, 9.17) is 30.8 Å². The summed E-state index contributed by atoms with van der Waals surface area (Å²) in [6, 6.07) is 18.9. The third-order valence-electron chi connectivity index (χ3n) is 7.60. The van der Waals surface area contributed by atoms with Gasteiger partial charge in [-0.3, -0.25) is 4.99 Å². The highest BCUT2D eigenvalue weighted by atomic mass is 35.5. The molecule has 5 heterocycles. The number of nitrogens with zero attached hydrogens (tertiary/aromatic N) is 4. The second-order valence-electron chi connectivity index (χ2n) is 9.99. The molecule has 9 nitrogen and oxygen atoms in total. The molecule has 200 valence electrons. The third kappa shape index (κ3) is 4.45. The number of benzene rings is 2. The van der Waals surface area contributed by atoms with E-state index in [1.165, 1.54) is 0 Å². The van der Waals surface area contributed by atoms with Crippen molar-refractivity contribution in [1.29, 1.82) is 0 Å². The van der Waals surface area contributed by atoms with E-state index in [9.17, 15) is 5.11 Å². The topological polar surface area (TPSA) is 105 Å². The summed E-state index contributed by atoms with van der Waals surface area (Å²) < 4.78 is 17.3. The van der Waals surface area contributed by atoms with Gasteiger partial charge in [0.05, 0.1) is 36.0 Å². The van der Waals surface area contributed by atoms with Crippen LogP contribution in [0.3, 0.4) is 0 Å². The Morgan fingerprint density at radius 3 is 2.41 bits per heavy atom. The summed E-state index contributed by atoms with van der Waals surface area (Å²) in [5.74, 6) is 1.08. The van der Waals surface area contributed by atoms with Crippen molar-refractivity contribution in [3.63, 3.8) is 0 Å². The van der Waals surface area contributed by atoms with Crippen LogP contribution in [0.25, 0.3) is 33.5 Å². The Morgan fingerprint density at radius 2 is 1.67 bits per heavy atom. The molecule has 2 aromatic heterocycles. The first kappa shape index (κ1) is 24.5. The van der Waals surface area contributed by atoms with Crippen LogP contribution in [0.1, 0.15) is 12.5 Å². The van der Waals surface area contributed by atoms with Crippen LogP contribution >= 0.6 is 11.6 Å². The molecule has 2 saturated heterocycles. The smallest absolute Gasteiger partial charge is 0.296 e. The van der Waals surface area contributed by atoms with Gasteiger partial charge in [0.25, 0.3) is 6.01 Å². The van der Waals surface area contributed by atoms with Crippen LogP contribution in [-0.4, -0.2) is 88.1 Å². The molecule has 7 rings (SSSR count). The Hall–Kier alpha value is -3.50. The predicted molar refractivity (Wildman–Crippen MR) is 148 cm³/mol. The first-order chi connectivity index (χ1) is 19.1. The summed E-state index contributed by atoms with van der Waals surface area (Å²) in [7, 11) is 0. The molecule has 2 aromatic carbocycles. The lowest BCUT2D eigenvalue weighted by atomic mass is 10.0. The molecule has 0 amide bonds. The van der Waals surface area contributed by atoms with Gasteiger partial charge in [-0.25, -0.2) is 4.98 Å². The molecule has 4 aromatic rings. The Kier molecular flexibility index (Phi) is 6.24. The highest BCUT2D eigenvalue weighted by Gasteiger charge is 2.48. The molecule has 0 radical (unpaired) electrons. The molecule has 0 bridgehead atoms. The molecular formula is C29H28ClN5O4. The minimum Gasteiger partial charge on any atom is -0.456 e. The van der Waals surface area contributed by atoms with Gasteiger partial charge in [0, 0.05) is 24.2 Å². The van der Waals surface area contributed by atoms with Crippen LogP contribution in [0, 0.1) is 0 Å². The number of aliphatic imine (C=N–C) groups is 1. The largest absolute Gasteiger partial charge is 0.456 e. The minimum atomic E-state index is -0.633. The van der Waals surface area contributed by atoms with Gasteiger partial charge >= 0.3 is 0 Å². The van der Waals surface area contributed by atoms with Crippen LogP contribution in [-0.2, 0) is 9.47 Å². The number of H-pyrrole nitrogens is 1. The Bertz CT molecular complexity index is 1540. The van der Waals surface area contributed by atoms with E-state index in [0.717, 1.165) is 47.7 Å². The molecule has 0 saturated carbocycles. The quantitative estimate of drug-likeness (QED) is 0.378. The summed E-state index contributed by atoms with van der Waals surface area (Å²) in [4.78, 5) is 19.3. The second-order valence-corrected chi connectivity index (χ2v) is 10.4. The number of ether oxygens (including phenoxy) is 3. The molecule has 2 unspecified atom stereocenters. The van der Waals surface area contributed by atoms with Crippen molar-refractivity contribution < 1.29 is 19.3 Å². The number of imidazole rings is 1. The number of hydrogen-bond donors (Lipinski definition) is 2. The maximum absolute atomic E-state index is 9.96. The summed E-state index contributed by atoms with van der Waals surface area (Å²) in [6.45, 7) is 5.54. The average Bonchev–Trinajstić information content (AvgIpc) is 3.75. The van der Waals surface area contributed by atoms with Gasteiger partial charge in [0.15, 0.2) is 11.8 Å². The van der Waals surface area contributed by atoms with Crippen LogP contribution in [0.4, 0.5) is 0 Å². The number of aromatic amines is 1. The molecule has 2 fully saturated rings. The SMILES string of the molecule is CCN1CCN=C1c1ccc(-c2ccc(-c3nc4nc(O[C@@H]5COC6C5OC[C@H]6O)[nH]c4cc3Cl)cc2)cc1. The van der Waals surface area contributed by atoms with Gasteiger partial charge in [-0.2, -0.15) is 4.98 Å². The normalized spacial score (nSPS) is 24.4. The molecular weight excluding hydrogens is 518 g/mol. The van der Waals surface area contributed by atoms with E-state index < -0.39 is 6.10 Å². The van der Waals surface area contributed by atoms with Crippen molar-refractivity contribution in [1.82, 2.24) is 19.9 Å². The lowest BCUT2D eigenvalue weighted by Crippen LogP contribution is -2.34. The molecule has 39 heavy (non-hydrogen) atoms. The van der Waals surface area contributed by atoms with Gasteiger partial charge in [0.2, 0.25) is 0 Å². The zero-order valence-electron chi connectivity index (χ0n) is 21.4. The zero-order valence-corrected chi connectivity index (χ0v) is 22.1. The number of likely N-dealkylation sites (N-methyl/N-ethyl adjacent to an activating group) is 1. The maximum atomic E-state index is 9.96. The zero-order chi connectivity index (χ0) is 26.5. The lowest BCUT2D eigenvalue weighted by molar-refractivity contribution is 0.00706. The van der Waals surface area contributed by atoms with E-state index in [1.54, 1.807) is 6.07 Å². The number of pyridine rings is 1. The van der Waals surface area contributed by atoms with E-state index in [1.807, 2.05) is 12.1 Å². The number of halogens is 1. The lowest BCUT2D eigenvalue weighted by Gasteiger charge is -2.18. The van der Waals surface area contributed by atoms with E-state index >= 15 is 0 Å². The Morgan fingerprint density at radius 1 is 0.974 bits per heavy atom. The number of hydrogen-bond acceptors (Lipinski definition) is 8. The highest BCUT2D eigenvalue weighted by Crippen LogP contribution is 2.33. The van der Waals surface area contributed by atoms with Gasteiger partial charge in [-0.05, 0) is 24.1 Å². The van der Waals surface area contributed by atoms with Crippen LogP contribution < -0.4 is 4.74 Å². The second kappa shape index (κ2) is 9.91. The fourth-order valence-electron chi connectivity index (χ4n) is 5.54. The number of aliphatic hydroxyl groups excluding tert-OH is 1. The number of rotatable bonds is 6. The fraction of sp³-hybridized carbons (Fsp3) is 0.345. The van der Waals surface area contributed by atoms with Crippen molar-refractivity contribution in [2.75, 3.05) is 32.8 Å². The number of nitrogens with one attached hydrogen (secondary N) is 1. The fourth-order valence-corrected chi connectivity index (χ4v) is 5.80. The molecule has 0 aliphatic carbocycles. The maximum Gasteiger partial charge on any atom is 0.296 e. The van der Waals surface area contributed by atoms with Crippen LogP contribution in [0.15, 0.2) is 59.6 Å². The highest BCUT2D eigenvalue weighted by molar-refractivity contribution is 6.33. The molecule has 4 atom stereocenters. The molecule has 0 spiro atoms. The van der Waals surface area contributed by atoms with E-state index in [0.29, 0.717) is 34.5 Å². The van der Waals surface area contributed by atoms with Crippen molar-refractivity contribution >= 4 is 28.6 Å². The first-order valence-electron chi connectivity index (χ1n) is 13.2. The van der Waals surface area contributed by atoms with Crippen molar-refractivity contribution in [2.24, 2.45) is 4.99 Å². The standard InChI is InChI=1S/C29H28ClN5O4/c1-2-35-12-11-31-28(35)19-9-5-17(6-10-19)16-3-7-18(8-4-16)24-20(30)13-21-27(33-24)34-29(32-21)39-23-15-38-25-22(36)14-37-26(23)25/h3-10,13,22-23,25-26,36H,2,11-12,14-15H2,1H3,(H,32,33,34)/t22-,23-,25?,26?/m1/s1. The number of amidine groups is 1. The Balaban J connectivity index is 1.09. The number of aliphatic hydroxyl groups is 1. The summed E-state index contributed by atoms with van der Waals surface area (Å²) >= 11 is 6.63. The summed E-state index contributed by atoms with van der Waals surface area (Å²) in [6.07, 6.45) is -1.68. The summed E-state index contributed by atoms with van der Waals surface area (Å²) in [5, 5.41) is 10.5. The van der Waals surface area contributed by atoms with E-state index in [2.05, 4.69) is 63.2 Å². The van der Waals surface area contributed by atoms with Crippen LogP contribution in [0.2, 0.25) is 5.02 Å². The first-order valence-corrected chi connectivity index (χ1v) is 13.6. The molecule has 3 aliphatic rings. The average molecular weight is 546 g/mol. The number of fused-ring (bicyclic) bond motifs is 2. The van der Waals surface area contributed by atoms with Crippen molar-refractivity contribution in [2.45, 2.75) is 31.3 Å². The van der Waals surface area contributed by atoms with E-state index in [-0.39, 0.29) is 24.9 Å². The Labute approximate surface area is 230 Å². The van der Waals surface area contributed by atoms with Gasteiger partial charge in [-0.1, -0.05) is 60.1 Å². The molecule has 2 N–H and O–H groups in total. The van der Waals surface area contributed by atoms with Gasteiger partial charge in [0.1, 0.15) is 24.1 Å². The molecule has 10 heteroatoms. The summed E-state index contributed by atoms with van der Waals surface area (Å²) in [5.41, 5.74) is 6.11. The monoisotopic (exact) mass is 545 g/mol. The van der Waals surface area contributed by atoms with Gasteiger partial charge in [-0.15, -0.1) is 0 Å². The van der Waals surface area contributed by atoms with Crippen molar-refractivity contribution in [3.05, 3.63) is 65.2 Å². The van der Waals surface area contributed by atoms with Crippen molar-refractivity contribution in [3.8, 4) is 28.4 Å².